The molecule has 336 valence electrons. The van der Waals surface area contributed by atoms with Gasteiger partial charge in [-0.05, 0) is 155 Å². The second-order valence-electron chi connectivity index (χ2n) is 19.4. The molecule has 0 N–H and O–H groups in total. The zero-order chi connectivity index (χ0) is 47.5. The van der Waals surface area contributed by atoms with Gasteiger partial charge in [0.05, 0.1) is 5.69 Å². The molecule has 12 aromatic rings. The first-order valence-electron chi connectivity index (χ1n) is 24.7. The van der Waals surface area contributed by atoms with Crippen LogP contribution in [0.4, 0.5) is 34.1 Å². The Labute approximate surface area is 416 Å². The molecule has 0 bridgehead atoms. The molecule has 0 atom stereocenters. The monoisotopic (exact) mass is 906 g/mol. The molecule has 0 unspecified atom stereocenters. The summed E-state index contributed by atoms with van der Waals surface area (Å²) in [5, 5.41) is 7.43. The van der Waals surface area contributed by atoms with Crippen LogP contribution in [0.1, 0.15) is 25.0 Å². The Morgan fingerprint density at radius 2 is 0.648 bits per heavy atom. The van der Waals surface area contributed by atoms with Crippen molar-refractivity contribution in [3.63, 3.8) is 0 Å². The molecule has 0 saturated heterocycles. The number of benzene rings is 12. The highest BCUT2D eigenvalue weighted by Crippen LogP contribution is 2.53. The van der Waals surface area contributed by atoms with Crippen molar-refractivity contribution in [2.75, 3.05) is 9.80 Å². The molecule has 1 aliphatic carbocycles. The minimum atomic E-state index is -0.298. The summed E-state index contributed by atoms with van der Waals surface area (Å²) >= 11 is 0. The van der Waals surface area contributed by atoms with Crippen LogP contribution in [0, 0.1) is 0 Å². The average Bonchev–Trinajstić information content (AvgIpc) is 3.66. The summed E-state index contributed by atoms with van der Waals surface area (Å²) in [5.74, 6) is 0. The van der Waals surface area contributed by atoms with E-state index in [-0.39, 0.29) is 5.41 Å². The second-order valence-corrected chi connectivity index (χ2v) is 19.4. The lowest BCUT2D eigenvalue weighted by molar-refractivity contribution is 0.660. The van der Waals surface area contributed by atoms with Crippen molar-refractivity contribution in [3.8, 4) is 44.5 Å². The third-order valence-electron chi connectivity index (χ3n) is 14.8. The van der Waals surface area contributed by atoms with Crippen LogP contribution in [-0.2, 0) is 5.41 Å². The molecule has 0 saturated carbocycles. The van der Waals surface area contributed by atoms with Gasteiger partial charge in [0.15, 0.2) is 0 Å². The number of rotatable bonds is 9. The molecule has 2 nitrogen and oxygen atoms in total. The van der Waals surface area contributed by atoms with Gasteiger partial charge in [0.2, 0.25) is 0 Å². The van der Waals surface area contributed by atoms with Gasteiger partial charge in [0.1, 0.15) is 0 Å². The van der Waals surface area contributed by atoms with E-state index < -0.39 is 0 Å². The predicted molar refractivity (Wildman–Crippen MR) is 302 cm³/mol. The molecule has 0 amide bonds. The van der Waals surface area contributed by atoms with Crippen LogP contribution in [0.3, 0.4) is 0 Å². The van der Waals surface area contributed by atoms with E-state index in [4.69, 9.17) is 0 Å². The fraction of sp³-hybridized carbons (Fsp3) is 0.0435. The van der Waals surface area contributed by atoms with E-state index in [0.717, 1.165) is 34.1 Å². The van der Waals surface area contributed by atoms with E-state index in [1.54, 1.807) is 0 Å². The van der Waals surface area contributed by atoms with Gasteiger partial charge in [-0.15, -0.1) is 0 Å². The van der Waals surface area contributed by atoms with E-state index >= 15 is 0 Å². The Kier molecular flexibility index (Phi) is 10.2. The Morgan fingerprint density at radius 3 is 1.21 bits per heavy atom. The summed E-state index contributed by atoms with van der Waals surface area (Å²) in [6, 6.07) is 98.0. The van der Waals surface area contributed by atoms with Gasteiger partial charge < -0.3 is 9.80 Å². The molecule has 0 radical (unpaired) electrons. The number of fused-ring (bicyclic) bond motifs is 7. The van der Waals surface area contributed by atoms with Crippen molar-refractivity contribution >= 4 is 66.4 Å². The molecule has 0 fully saturated rings. The van der Waals surface area contributed by atoms with Crippen LogP contribution in [0.2, 0.25) is 0 Å². The van der Waals surface area contributed by atoms with Crippen LogP contribution >= 0.6 is 0 Å². The van der Waals surface area contributed by atoms with Crippen LogP contribution in [-0.4, -0.2) is 0 Å². The van der Waals surface area contributed by atoms with Gasteiger partial charge in [-0.3, -0.25) is 0 Å². The Balaban J connectivity index is 0.921. The largest absolute Gasteiger partial charge is 0.310 e. The van der Waals surface area contributed by atoms with Gasteiger partial charge in [-0.1, -0.05) is 208 Å². The van der Waals surface area contributed by atoms with E-state index in [1.807, 2.05) is 0 Å². The molecule has 71 heavy (non-hydrogen) atoms. The zero-order valence-corrected chi connectivity index (χ0v) is 39.8. The van der Waals surface area contributed by atoms with Crippen LogP contribution in [0.15, 0.2) is 267 Å². The predicted octanol–water partition coefficient (Wildman–Crippen LogP) is 19.4. The summed E-state index contributed by atoms with van der Waals surface area (Å²) in [6.45, 7) is 4.79. The maximum absolute atomic E-state index is 2.48. The quantitative estimate of drug-likeness (QED) is 0.133. The smallest absolute Gasteiger partial charge is 0.0546 e. The maximum atomic E-state index is 2.48. The summed E-state index contributed by atoms with van der Waals surface area (Å²) in [4.78, 5) is 4.88. The lowest BCUT2D eigenvalue weighted by Crippen LogP contribution is -2.17. The normalized spacial score (nSPS) is 12.5. The van der Waals surface area contributed by atoms with E-state index in [2.05, 4.69) is 291 Å². The van der Waals surface area contributed by atoms with Crippen molar-refractivity contribution in [3.05, 3.63) is 278 Å². The maximum Gasteiger partial charge on any atom is 0.0546 e. The lowest BCUT2D eigenvalue weighted by Gasteiger charge is -2.30. The van der Waals surface area contributed by atoms with E-state index in [9.17, 15) is 0 Å². The highest BCUT2D eigenvalue weighted by atomic mass is 15.1. The third-order valence-corrected chi connectivity index (χ3v) is 14.8. The number of hydrogen-bond acceptors (Lipinski definition) is 2. The fourth-order valence-corrected chi connectivity index (χ4v) is 11.1. The van der Waals surface area contributed by atoms with E-state index in [1.165, 1.54) is 88.0 Å². The molecule has 13 rings (SSSR count). The van der Waals surface area contributed by atoms with Gasteiger partial charge >= 0.3 is 0 Å². The van der Waals surface area contributed by atoms with Crippen LogP contribution in [0.25, 0.3) is 76.8 Å². The van der Waals surface area contributed by atoms with Crippen molar-refractivity contribution in [2.24, 2.45) is 0 Å². The molecule has 2 heteroatoms. The number of nitrogens with zero attached hydrogens (tertiary/aromatic N) is 2. The van der Waals surface area contributed by atoms with Crippen molar-refractivity contribution < 1.29 is 0 Å². The average molecular weight is 907 g/mol. The van der Waals surface area contributed by atoms with Crippen LogP contribution < -0.4 is 9.80 Å². The molecule has 0 heterocycles. The Bertz CT molecular complexity index is 3850. The SMILES string of the molecule is CC1(C)c2cc(N(c3ccc(-c4ccccc4)cc3)c3ccc(-c4ccccc4)cc3)ccc2-c2ccc(N(c3ccc(-c4ccc5ccccc5c4)cc3)c3cc4ccccc4c4ccccc34)cc21. The van der Waals surface area contributed by atoms with E-state index in [0.29, 0.717) is 0 Å². The minimum Gasteiger partial charge on any atom is -0.310 e. The number of hydrogen-bond donors (Lipinski definition) is 0. The van der Waals surface area contributed by atoms with Crippen molar-refractivity contribution in [2.45, 2.75) is 19.3 Å². The second kappa shape index (κ2) is 17.2. The first-order valence-corrected chi connectivity index (χ1v) is 24.7. The van der Waals surface area contributed by atoms with Crippen LogP contribution in [0.5, 0.6) is 0 Å². The molecule has 0 aliphatic heterocycles. The zero-order valence-electron chi connectivity index (χ0n) is 39.8. The highest BCUT2D eigenvalue weighted by molar-refractivity contribution is 6.14. The minimum absolute atomic E-state index is 0.298. The summed E-state index contributed by atoms with van der Waals surface area (Å²) in [5.41, 5.74) is 18.8. The van der Waals surface area contributed by atoms with Gasteiger partial charge in [0.25, 0.3) is 0 Å². The topological polar surface area (TPSA) is 6.48 Å². The van der Waals surface area contributed by atoms with Gasteiger partial charge in [-0.25, -0.2) is 0 Å². The molecular formula is C69H50N2. The van der Waals surface area contributed by atoms with Gasteiger partial charge in [-0.2, -0.15) is 0 Å². The molecule has 12 aromatic carbocycles. The number of anilines is 6. The fourth-order valence-electron chi connectivity index (χ4n) is 11.1. The Morgan fingerprint density at radius 1 is 0.254 bits per heavy atom. The molecule has 1 aliphatic rings. The highest BCUT2D eigenvalue weighted by Gasteiger charge is 2.37. The summed E-state index contributed by atoms with van der Waals surface area (Å²) in [7, 11) is 0. The van der Waals surface area contributed by atoms with Crippen molar-refractivity contribution in [1.29, 1.82) is 0 Å². The van der Waals surface area contributed by atoms with Crippen molar-refractivity contribution in [1.82, 2.24) is 0 Å². The Hall–Kier alpha value is -8.98. The summed E-state index contributed by atoms with van der Waals surface area (Å²) < 4.78 is 0. The third kappa shape index (κ3) is 7.44. The molecular weight excluding hydrogens is 857 g/mol. The first-order chi connectivity index (χ1) is 34.9. The first kappa shape index (κ1) is 42.1. The standard InChI is InChI=1S/C69H50N2/c1-69(2)66-45-59(70(56-33-27-50(28-34-56)47-15-5-3-6-16-47)57-35-29-51(30-36-57)48-17-7-4-8-18-48)39-41-63(66)64-42-40-60(46-67(64)69)71(68-44-55-21-11-12-22-61(55)62-23-13-14-24-65(62)68)58-37-31-52(32-38-58)54-26-25-49-19-9-10-20-53(49)43-54/h3-46H,1-2H3. The lowest BCUT2D eigenvalue weighted by atomic mass is 9.82. The molecule has 0 spiro atoms. The summed E-state index contributed by atoms with van der Waals surface area (Å²) in [6.07, 6.45) is 0. The molecule has 0 aromatic heterocycles. The van der Waals surface area contributed by atoms with Gasteiger partial charge in [0, 0.05) is 39.2 Å².